The third-order valence-corrected chi connectivity index (χ3v) is 2.90. The first-order valence-electron chi connectivity index (χ1n) is 6.36. The van der Waals surface area contributed by atoms with Crippen molar-refractivity contribution in [3.05, 3.63) is 11.1 Å². The van der Waals surface area contributed by atoms with Gasteiger partial charge in [-0.15, -0.1) is 11.3 Å². The third kappa shape index (κ3) is 6.20. The van der Waals surface area contributed by atoms with Crippen LogP contribution in [0.25, 0.3) is 0 Å². The zero-order valence-electron chi connectivity index (χ0n) is 13.5. The molecule has 0 aliphatic heterocycles. The molecule has 9 nitrogen and oxygen atoms in total. The Morgan fingerprint density at radius 3 is 2.26 bits per heavy atom. The predicted molar refractivity (Wildman–Crippen MR) is 85.3 cm³/mol. The first kappa shape index (κ1) is 20.8. The van der Waals surface area contributed by atoms with Gasteiger partial charge in [0.05, 0.1) is 0 Å². The largest absolute Gasteiger partial charge is 0.476 e. The number of nitrogens with zero attached hydrogens (tertiary/aromatic N) is 2. The van der Waals surface area contributed by atoms with Crippen LogP contribution in [0.4, 0.5) is 5.13 Å². The second-order valence-electron chi connectivity index (χ2n) is 5.92. The van der Waals surface area contributed by atoms with E-state index in [0.29, 0.717) is 0 Å². The van der Waals surface area contributed by atoms with E-state index in [4.69, 9.17) is 20.4 Å². The topological polar surface area (TPSA) is 156 Å². The molecule has 0 saturated carbocycles. The van der Waals surface area contributed by atoms with Gasteiger partial charge in [0.25, 0.3) is 0 Å². The summed E-state index contributed by atoms with van der Waals surface area (Å²) in [5.74, 6) is -2.00. The molecule has 0 radical (unpaired) electrons. The van der Waals surface area contributed by atoms with Crippen molar-refractivity contribution in [3.8, 4) is 0 Å². The van der Waals surface area contributed by atoms with E-state index in [2.05, 4.69) is 10.1 Å². The Morgan fingerprint density at radius 1 is 1.30 bits per heavy atom. The molecule has 0 saturated heterocycles. The average Bonchev–Trinajstić information content (AvgIpc) is 2.73. The summed E-state index contributed by atoms with van der Waals surface area (Å²) in [6, 6.07) is 0. The lowest BCUT2D eigenvalue weighted by molar-refractivity contribution is -0.179. The lowest BCUT2D eigenvalue weighted by Gasteiger charge is -2.26. The maximum Gasteiger partial charge on any atom is 0.360 e. The molecule has 0 aliphatic rings. The van der Waals surface area contributed by atoms with Crippen LogP contribution in [-0.4, -0.2) is 44.4 Å². The summed E-state index contributed by atoms with van der Waals surface area (Å²) in [4.78, 5) is 32.1. The van der Waals surface area contributed by atoms with Crippen LogP contribution in [0.2, 0.25) is 0 Å². The highest BCUT2D eigenvalue weighted by atomic mass is 32.1. The number of oxime groups is 1. The second-order valence-corrected chi connectivity index (χ2v) is 6.81. The van der Waals surface area contributed by atoms with Crippen LogP contribution in [0, 0.1) is 0 Å². The molecule has 1 heterocycles. The van der Waals surface area contributed by atoms with Crippen LogP contribution in [0.15, 0.2) is 10.5 Å². The minimum absolute atomic E-state index is 0. The number of aliphatic carboxylic acids is 1. The molecule has 0 aliphatic carbocycles. The first-order valence-corrected chi connectivity index (χ1v) is 7.24. The number of hydrogen-bond acceptors (Lipinski definition) is 8. The van der Waals surface area contributed by atoms with Crippen molar-refractivity contribution in [1.29, 1.82) is 0 Å². The maximum absolute atomic E-state index is 12.0. The Labute approximate surface area is 137 Å². The first-order chi connectivity index (χ1) is 9.92. The Hall–Kier alpha value is -2.20. The number of anilines is 1. The number of thiazole rings is 1. The highest BCUT2D eigenvalue weighted by Crippen LogP contribution is 2.19. The van der Waals surface area contributed by atoms with Crippen molar-refractivity contribution < 1.29 is 29.7 Å². The molecule has 0 amide bonds. The highest BCUT2D eigenvalue weighted by Gasteiger charge is 2.35. The van der Waals surface area contributed by atoms with E-state index in [1.165, 1.54) is 19.2 Å². The molecule has 0 unspecified atom stereocenters. The predicted octanol–water partition coefficient (Wildman–Crippen LogP) is 0.826. The second kappa shape index (κ2) is 7.38. The number of aromatic nitrogens is 1. The molecule has 0 spiro atoms. The Morgan fingerprint density at radius 2 is 1.87 bits per heavy atom. The van der Waals surface area contributed by atoms with E-state index < -0.39 is 28.9 Å². The SMILES string of the molecule is CC(C)(C)OC(=O)C(C)(C)O/N=C(\C(=O)O)c1csc(N)n1.O. The van der Waals surface area contributed by atoms with Gasteiger partial charge in [-0.05, 0) is 34.6 Å². The number of nitrogens with two attached hydrogens (primary N) is 1. The fourth-order valence-electron chi connectivity index (χ4n) is 1.19. The molecular weight excluding hydrogens is 326 g/mol. The molecule has 5 N–H and O–H groups in total. The molecule has 1 rings (SSSR count). The molecule has 130 valence electrons. The van der Waals surface area contributed by atoms with Crippen LogP contribution in [0.1, 0.15) is 40.3 Å². The summed E-state index contributed by atoms with van der Waals surface area (Å²) in [5, 5.41) is 14.3. The number of carboxylic acid groups (broad SMARTS) is 1. The lowest BCUT2D eigenvalue weighted by atomic mass is 10.1. The molecule has 23 heavy (non-hydrogen) atoms. The van der Waals surface area contributed by atoms with Crippen LogP contribution >= 0.6 is 11.3 Å². The molecule has 1 aromatic rings. The van der Waals surface area contributed by atoms with E-state index in [1.807, 2.05) is 0 Å². The minimum atomic E-state index is -1.45. The van der Waals surface area contributed by atoms with Gasteiger partial charge in [-0.2, -0.15) is 0 Å². The van der Waals surface area contributed by atoms with E-state index in [0.717, 1.165) is 11.3 Å². The number of carbonyl (C=O) groups excluding carboxylic acids is 1. The van der Waals surface area contributed by atoms with E-state index in [9.17, 15) is 9.59 Å². The Balaban J connectivity index is 0.00000484. The fraction of sp³-hybridized carbons (Fsp3) is 0.538. The number of ether oxygens (including phenoxy) is 1. The summed E-state index contributed by atoms with van der Waals surface area (Å²) >= 11 is 1.07. The van der Waals surface area contributed by atoms with Crippen molar-refractivity contribution >= 4 is 34.1 Å². The smallest absolute Gasteiger partial charge is 0.360 e. The number of carboxylic acids is 1. The number of esters is 1. The summed E-state index contributed by atoms with van der Waals surface area (Å²) in [5.41, 5.74) is 2.94. The van der Waals surface area contributed by atoms with Crippen LogP contribution < -0.4 is 5.73 Å². The molecule has 0 atom stereocenters. The minimum Gasteiger partial charge on any atom is -0.476 e. The summed E-state index contributed by atoms with van der Waals surface area (Å²) < 4.78 is 5.19. The van der Waals surface area contributed by atoms with Gasteiger partial charge < -0.3 is 25.9 Å². The van der Waals surface area contributed by atoms with E-state index in [-0.39, 0.29) is 16.3 Å². The van der Waals surface area contributed by atoms with Gasteiger partial charge >= 0.3 is 11.9 Å². The zero-order valence-corrected chi connectivity index (χ0v) is 14.4. The molecule has 1 aromatic heterocycles. The number of hydrogen-bond donors (Lipinski definition) is 2. The summed E-state index contributed by atoms with van der Waals surface area (Å²) in [6.45, 7) is 8.00. The van der Waals surface area contributed by atoms with Crippen molar-refractivity contribution in [2.75, 3.05) is 5.73 Å². The van der Waals surface area contributed by atoms with Crippen molar-refractivity contribution in [3.63, 3.8) is 0 Å². The quantitative estimate of drug-likeness (QED) is 0.453. The van der Waals surface area contributed by atoms with Gasteiger partial charge in [-0.3, -0.25) is 0 Å². The van der Waals surface area contributed by atoms with Gasteiger partial charge in [0.15, 0.2) is 5.13 Å². The summed E-state index contributed by atoms with van der Waals surface area (Å²) in [7, 11) is 0. The van der Waals surface area contributed by atoms with Crippen LogP contribution in [0.3, 0.4) is 0 Å². The zero-order chi connectivity index (χ0) is 17.1. The van der Waals surface area contributed by atoms with Crippen LogP contribution in [0.5, 0.6) is 0 Å². The van der Waals surface area contributed by atoms with Crippen LogP contribution in [-0.2, 0) is 19.2 Å². The fourth-order valence-corrected chi connectivity index (χ4v) is 1.74. The van der Waals surface area contributed by atoms with Gasteiger partial charge in [-0.1, -0.05) is 5.16 Å². The Kier molecular flexibility index (Phi) is 6.67. The molecule has 0 aromatic carbocycles. The number of rotatable bonds is 5. The van der Waals surface area contributed by atoms with Gasteiger partial charge in [0.1, 0.15) is 11.3 Å². The third-order valence-electron chi connectivity index (χ3n) is 2.22. The number of carbonyl (C=O) groups is 2. The van der Waals surface area contributed by atoms with Gasteiger partial charge in [-0.25, -0.2) is 14.6 Å². The Bertz CT molecular complexity index is 603. The van der Waals surface area contributed by atoms with E-state index in [1.54, 1.807) is 20.8 Å². The number of nitrogen functional groups attached to an aromatic ring is 1. The average molecular weight is 347 g/mol. The highest BCUT2D eigenvalue weighted by molar-refractivity contribution is 7.13. The molecule has 10 heteroatoms. The van der Waals surface area contributed by atoms with Gasteiger partial charge in [0, 0.05) is 5.38 Å². The maximum atomic E-state index is 12.0. The van der Waals surface area contributed by atoms with E-state index >= 15 is 0 Å². The summed E-state index contributed by atoms with van der Waals surface area (Å²) in [6.07, 6.45) is 0. The van der Waals surface area contributed by atoms with Crippen molar-refractivity contribution in [2.45, 2.75) is 45.8 Å². The lowest BCUT2D eigenvalue weighted by Crippen LogP contribution is -2.40. The molecule has 0 fully saturated rings. The van der Waals surface area contributed by atoms with Crippen molar-refractivity contribution in [1.82, 2.24) is 4.98 Å². The molecular formula is C13H21N3O6S. The monoisotopic (exact) mass is 347 g/mol. The normalized spacial score (nSPS) is 12.3. The van der Waals surface area contributed by atoms with Gasteiger partial charge in [0.2, 0.25) is 11.3 Å². The van der Waals surface area contributed by atoms with Crippen molar-refractivity contribution in [2.24, 2.45) is 5.16 Å². The standard InChI is InChI=1S/C13H19N3O5S.H2O/c1-12(2,3)20-10(19)13(4,5)21-16-8(9(17)18)7-6-22-11(14)15-7;/h6H,1-5H3,(H2,14,15)(H,17,18);1H2/b16-8-;. The molecule has 0 bridgehead atoms.